The Kier molecular flexibility index (Phi) is 6.38. The largest absolute Gasteiger partial charge is 0.290 e. The van der Waals surface area contributed by atoms with Gasteiger partial charge < -0.3 is 0 Å². The van der Waals surface area contributed by atoms with Crippen molar-refractivity contribution in [1.29, 1.82) is 0 Å². The molecule has 0 fully saturated rings. The highest BCUT2D eigenvalue weighted by atomic mass is 16.1. The lowest BCUT2D eigenvalue weighted by atomic mass is 10.0. The zero-order valence-electron chi connectivity index (χ0n) is 13.0. The van der Waals surface area contributed by atoms with Crippen LogP contribution in [0, 0.1) is 0 Å². The number of rotatable bonds is 7. The lowest BCUT2D eigenvalue weighted by molar-refractivity contribution is -0.111. The van der Waals surface area contributed by atoms with E-state index < -0.39 is 0 Å². The molecule has 0 saturated heterocycles. The smallest absolute Gasteiger partial charge is 0.181 e. The highest BCUT2D eigenvalue weighted by Crippen LogP contribution is 2.15. The van der Waals surface area contributed by atoms with Crippen LogP contribution in [0.4, 0.5) is 0 Å². The predicted molar refractivity (Wildman–Crippen MR) is 94.4 cm³/mol. The number of allylic oxidation sites excluding steroid dienone is 2. The van der Waals surface area contributed by atoms with Crippen LogP contribution in [0.5, 0.6) is 0 Å². The molecule has 0 spiro atoms. The molecule has 0 aliphatic rings. The number of unbranched alkanes of at least 4 members (excludes halogenated alkanes) is 1. The van der Waals surface area contributed by atoms with Crippen LogP contribution in [0.3, 0.4) is 0 Å². The van der Waals surface area contributed by atoms with Crippen molar-refractivity contribution in [3.63, 3.8) is 0 Å². The molecule has 0 aromatic heterocycles. The minimum atomic E-state index is 0.0983. The summed E-state index contributed by atoms with van der Waals surface area (Å²) >= 11 is 0. The summed E-state index contributed by atoms with van der Waals surface area (Å²) in [6, 6.07) is 19.9. The van der Waals surface area contributed by atoms with Gasteiger partial charge in [-0.25, -0.2) is 0 Å². The number of ketones is 1. The van der Waals surface area contributed by atoms with Crippen LogP contribution in [0.1, 0.15) is 37.3 Å². The van der Waals surface area contributed by atoms with Crippen LogP contribution in [0.2, 0.25) is 0 Å². The number of benzene rings is 2. The SMILES string of the molecule is CCCC/C(=C\c1ccccc1)C(=O)/C=C/c1ccccc1. The summed E-state index contributed by atoms with van der Waals surface area (Å²) in [5.41, 5.74) is 3.00. The highest BCUT2D eigenvalue weighted by Gasteiger charge is 2.06. The van der Waals surface area contributed by atoms with E-state index in [0.29, 0.717) is 0 Å². The van der Waals surface area contributed by atoms with Crippen LogP contribution in [0.15, 0.2) is 72.3 Å². The van der Waals surface area contributed by atoms with E-state index in [-0.39, 0.29) is 5.78 Å². The first-order valence-electron chi connectivity index (χ1n) is 7.82. The molecule has 0 unspecified atom stereocenters. The normalized spacial score (nSPS) is 11.8. The van der Waals surface area contributed by atoms with Gasteiger partial charge in [0.25, 0.3) is 0 Å². The molecule has 2 aromatic carbocycles. The summed E-state index contributed by atoms with van der Waals surface area (Å²) in [7, 11) is 0. The third kappa shape index (κ3) is 5.17. The Balaban J connectivity index is 2.16. The van der Waals surface area contributed by atoms with Gasteiger partial charge in [0.05, 0.1) is 0 Å². The summed E-state index contributed by atoms with van der Waals surface area (Å²) in [6.07, 6.45) is 8.51. The molecule has 0 radical (unpaired) electrons. The summed E-state index contributed by atoms with van der Waals surface area (Å²) in [5, 5.41) is 0. The Hall–Kier alpha value is -2.41. The molecule has 0 amide bonds. The average Bonchev–Trinajstić information content (AvgIpc) is 2.58. The maximum absolute atomic E-state index is 12.5. The molecule has 0 bridgehead atoms. The molecule has 2 rings (SSSR count). The van der Waals surface area contributed by atoms with Gasteiger partial charge in [-0.1, -0.05) is 80.1 Å². The Labute approximate surface area is 133 Å². The molecule has 2 aromatic rings. The molecule has 1 heteroatoms. The third-order valence-corrected chi connectivity index (χ3v) is 3.48. The monoisotopic (exact) mass is 290 g/mol. The molecule has 0 aliphatic carbocycles. The minimum Gasteiger partial charge on any atom is -0.290 e. The van der Waals surface area contributed by atoms with Crippen LogP contribution < -0.4 is 0 Å². The van der Waals surface area contributed by atoms with E-state index in [0.717, 1.165) is 36.0 Å². The van der Waals surface area contributed by atoms with Crippen molar-refractivity contribution in [1.82, 2.24) is 0 Å². The van der Waals surface area contributed by atoms with E-state index >= 15 is 0 Å². The fraction of sp³-hybridized carbons (Fsp3) is 0.190. The lowest BCUT2D eigenvalue weighted by Gasteiger charge is -2.04. The van der Waals surface area contributed by atoms with Gasteiger partial charge in [0.15, 0.2) is 5.78 Å². The zero-order chi connectivity index (χ0) is 15.6. The van der Waals surface area contributed by atoms with Gasteiger partial charge in [0, 0.05) is 5.57 Å². The van der Waals surface area contributed by atoms with Crippen molar-refractivity contribution in [3.05, 3.63) is 83.4 Å². The van der Waals surface area contributed by atoms with Crippen molar-refractivity contribution in [2.75, 3.05) is 0 Å². The molecular formula is C21H22O. The maximum atomic E-state index is 12.5. The van der Waals surface area contributed by atoms with Gasteiger partial charge in [-0.05, 0) is 36.1 Å². The van der Waals surface area contributed by atoms with Crippen molar-refractivity contribution < 1.29 is 4.79 Å². The third-order valence-electron chi connectivity index (χ3n) is 3.48. The first-order chi connectivity index (χ1) is 10.8. The average molecular weight is 290 g/mol. The minimum absolute atomic E-state index is 0.0983. The van der Waals surface area contributed by atoms with Crippen molar-refractivity contribution in [2.24, 2.45) is 0 Å². The quantitative estimate of drug-likeness (QED) is 0.612. The van der Waals surface area contributed by atoms with Gasteiger partial charge in [-0.3, -0.25) is 4.79 Å². The summed E-state index contributed by atoms with van der Waals surface area (Å²) in [5.74, 6) is 0.0983. The van der Waals surface area contributed by atoms with Crippen molar-refractivity contribution in [2.45, 2.75) is 26.2 Å². The van der Waals surface area contributed by atoms with E-state index in [9.17, 15) is 4.79 Å². The molecule has 112 valence electrons. The van der Waals surface area contributed by atoms with Gasteiger partial charge in [-0.2, -0.15) is 0 Å². The Morgan fingerprint density at radius 2 is 1.50 bits per heavy atom. The molecule has 0 heterocycles. The number of carbonyl (C=O) groups excluding carboxylic acids is 1. The van der Waals surface area contributed by atoms with E-state index in [1.165, 1.54) is 0 Å². The van der Waals surface area contributed by atoms with Crippen LogP contribution in [-0.4, -0.2) is 5.78 Å². The summed E-state index contributed by atoms with van der Waals surface area (Å²) < 4.78 is 0. The first kappa shape index (κ1) is 16.0. The molecule has 0 atom stereocenters. The second-order valence-electron chi connectivity index (χ2n) is 5.29. The van der Waals surface area contributed by atoms with E-state index in [2.05, 4.69) is 6.92 Å². The molecule has 1 nitrogen and oxygen atoms in total. The molecular weight excluding hydrogens is 268 g/mol. The standard InChI is InChI=1S/C21H22O/c1-2-3-14-20(17-19-12-8-5-9-13-19)21(22)16-15-18-10-6-4-7-11-18/h4-13,15-17H,2-3,14H2,1H3/b16-15+,20-17+. The van der Waals surface area contributed by atoms with Gasteiger partial charge in [0.1, 0.15) is 0 Å². The second-order valence-corrected chi connectivity index (χ2v) is 5.29. The van der Waals surface area contributed by atoms with E-state index in [4.69, 9.17) is 0 Å². The summed E-state index contributed by atoms with van der Waals surface area (Å²) in [6.45, 7) is 2.14. The zero-order valence-corrected chi connectivity index (χ0v) is 13.0. The summed E-state index contributed by atoms with van der Waals surface area (Å²) in [4.78, 5) is 12.5. The Bertz CT molecular complexity index is 636. The predicted octanol–water partition coefficient (Wildman–Crippen LogP) is 5.54. The van der Waals surface area contributed by atoms with E-state index in [1.54, 1.807) is 6.08 Å². The lowest BCUT2D eigenvalue weighted by Crippen LogP contribution is -1.99. The Morgan fingerprint density at radius 3 is 2.09 bits per heavy atom. The second kappa shape index (κ2) is 8.78. The van der Waals surface area contributed by atoms with Crippen LogP contribution >= 0.6 is 0 Å². The number of hydrogen-bond donors (Lipinski definition) is 0. The molecule has 0 N–H and O–H groups in total. The van der Waals surface area contributed by atoms with Crippen molar-refractivity contribution in [3.8, 4) is 0 Å². The van der Waals surface area contributed by atoms with Crippen LogP contribution in [-0.2, 0) is 4.79 Å². The topological polar surface area (TPSA) is 17.1 Å². The maximum Gasteiger partial charge on any atom is 0.181 e. The van der Waals surface area contributed by atoms with E-state index in [1.807, 2.05) is 72.8 Å². The molecule has 0 aliphatic heterocycles. The van der Waals surface area contributed by atoms with Gasteiger partial charge >= 0.3 is 0 Å². The van der Waals surface area contributed by atoms with Gasteiger partial charge in [0.2, 0.25) is 0 Å². The highest BCUT2D eigenvalue weighted by molar-refractivity contribution is 6.09. The molecule has 0 saturated carbocycles. The van der Waals surface area contributed by atoms with Crippen LogP contribution in [0.25, 0.3) is 12.2 Å². The fourth-order valence-corrected chi connectivity index (χ4v) is 2.23. The number of hydrogen-bond acceptors (Lipinski definition) is 1. The molecule has 22 heavy (non-hydrogen) atoms. The first-order valence-corrected chi connectivity index (χ1v) is 7.82. The van der Waals surface area contributed by atoms with Crippen molar-refractivity contribution >= 4 is 17.9 Å². The fourth-order valence-electron chi connectivity index (χ4n) is 2.23. The Morgan fingerprint density at radius 1 is 0.909 bits per heavy atom. The van der Waals surface area contributed by atoms with Gasteiger partial charge in [-0.15, -0.1) is 0 Å². The number of carbonyl (C=O) groups is 1.